The van der Waals surface area contributed by atoms with Gasteiger partial charge in [0.1, 0.15) is 6.61 Å². The van der Waals surface area contributed by atoms with Crippen molar-refractivity contribution in [2.24, 2.45) is 34.5 Å². The third-order valence-corrected chi connectivity index (χ3v) is 7.79. The fourth-order valence-corrected chi connectivity index (χ4v) is 6.67. The molecule has 134 valence electrons. The summed E-state index contributed by atoms with van der Waals surface area (Å²) < 4.78 is 0. The van der Waals surface area contributed by atoms with Crippen LogP contribution >= 0.6 is 0 Å². The summed E-state index contributed by atoms with van der Waals surface area (Å²) in [7, 11) is 0. The second-order valence-electron chi connectivity index (χ2n) is 9.04. The molecule has 25 heavy (non-hydrogen) atoms. The van der Waals surface area contributed by atoms with Crippen molar-refractivity contribution in [3.63, 3.8) is 0 Å². The summed E-state index contributed by atoms with van der Waals surface area (Å²) in [5.74, 6) is 1.39. The molecule has 4 aliphatic rings. The molecular weight excluding hydrogens is 312 g/mol. The number of fused-ring (bicyclic) bond motifs is 5. The molecule has 2 unspecified atom stereocenters. The van der Waals surface area contributed by atoms with Gasteiger partial charge in [0, 0.05) is 11.3 Å². The van der Waals surface area contributed by atoms with Crippen molar-refractivity contribution in [2.75, 3.05) is 6.61 Å². The lowest BCUT2D eigenvalue weighted by atomic mass is 9.52. The molecule has 2 fully saturated rings. The topological polar surface area (TPSA) is 54.4 Å². The van der Waals surface area contributed by atoms with Gasteiger partial charge in [0.2, 0.25) is 0 Å². The minimum Gasteiger partial charge on any atom is -0.389 e. The third-order valence-electron chi connectivity index (χ3n) is 7.79. The molecule has 0 spiro atoms. The van der Waals surface area contributed by atoms with Crippen LogP contribution in [-0.4, -0.2) is 23.3 Å². The van der Waals surface area contributed by atoms with Crippen molar-refractivity contribution in [2.45, 2.75) is 46.5 Å². The molecule has 0 saturated heterocycles. The van der Waals surface area contributed by atoms with E-state index in [2.05, 4.69) is 32.9 Å². The van der Waals surface area contributed by atoms with Crippen LogP contribution in [0.2, 0.25) is 0 Å². The Bertz CT molecular complexity index is 728. The number of allylic oxidation sites excluding steroid dienone is 6. The third kappa shape index (κ3) is 2.21. The minimum absolute atomic E-state index is 0.0140. The Labute approximate surface area is 149 Å². The highest BCUT2D eigenvalue weighted by Gasteiger charge is 2.59. The zero-order chi connectivity index (χ0) is 18.0. The Kier molecular flexibility index (Phi) is 3.74. The van der Waals surface area contributed by atoms with Crippen LogP contribution < -0.4 is 0 Å². The zero-order valence-corrected chi connectivity index (χ0v) is 15.4. The Morgan fingerprint density at radius 1 is 1.36 bits per heavy atom. The Hall–Kier alpha value is -1.48. The number of hydrogen-bond donors (Lipinski definition) is 1. The fourth-order valence-electron chi connectivity index (χ4n) is 6.67. The summed E-state index contributed by atoms with van der Waals surface area (Å²) in [5, 5.41) is 9.46. The van der Waals surface area contributed by atoms with Crippen LogP contribution in [0, 0.1) is 34.5 Å². The molecule has 0 bridgehead atoms. The molecule has 0 aromatic heterocycles. The smallest absolute Gasteiger partial charge is 0.178 e. The molecule has 4 rings (SSSR count). The number of ketones is 2. The number of carbonyl (C=O) groups excluding carboxylic acids is 2. The van der Waals surface area contributed by atoms with E-state index < -0.39 is 0 Å². The van der Waals surface area contributed by atoms with Crippen molar-refractivity contribution in [3.8, 4) is 0 Å². The molecular formula is C22H28O3. The van der Waals surface area contributed by atoms with Gasteiger partial charge in [0.15, 0.2) is 11.6 Å². The number of rotatable bonds is 2. The van der Waals surface area contributed by atoms with Crippen molar-refractivity contribution in [3.05, 3.63) is 35.5 Å². The number of carbonyl (C=O) groups is 2. The van der Waals surface area contributed by atoms with Crippen molar-refractivity contribution < 1.29 is 14.7 Å². The summed E-state index contributed by atoms with van der Waals surface area (Å²) in [6.45, 7) is 6.35. The van der Waals surface area contributed by atoms with Crippen LogP contribution in [-0.2, 0) is 9.59 Å². The van der Waals surface area contributed by atoms with E-state index in [1.807, 2.05) is 6.08 Å². The molecule has 4 aliphatic carbocycles. The van der Waals surface area contributed by atoms with Crippen LogP contribution in [0.3, 0.4) is 0 Å². The van der Waals surface area contributed by atoms with Crippen LogP contribution in [0.15, 0.2) is 35.5 Å². The number of hydrogen-bond acceptors (Lipinski definition) is 3. The lowest BCUT2D eigenvalue weighted by molar-refractivity contribution is -0.131. The van der Waals surface area contributed by atoms with Gasteiger partial charge in [-0.15, -0.1) is 0 Å². The molecule has 0 heterocycles. The lowest BCUT2D eigenvalue weighted by Gasteiger charge is -2.52. The highest BCUT2D eigenvalue weighted by Crippen LogP contribution is 2.65. The quantitative estimate of drug-likeness (QED) is 0.781. The normalized spacial score (nSPS) is 45.2. The van der Waals surface area contributed by atoms with Gasteiger partial charge in [-0.3, -0.25) is 9.59 Å². The predicted molar refractivity (Wildman–Crippen MR) is 96.7 cm³/mol. The molecule has 3 heteroatoms. The van der Waals surface area contributed by atoms with Crippen molar-refractivity contribution >= 4 is 11.6 Å². The summed E-state index contributed by atoms with van der Waals surface area (Å²) >= 11 is 0. The van der Waals surface area contributed by atoms with E-state index in [0.29, 0.717) is 17.8 Å². The number of aliphatic hydroxyl groups is 1. The average Bonchev–Trinajstić information content (AvgIpc) is 2.85. The molecule has 0 amide bonds. The Morgan fingerprint density at radius 3 is 2.84 bits per heavy atom. The molecule has 6 atom stereocenters. The molecule has 0 radical (unpaired) electrons. The second-order valence-corrected chi connectivity index (χ2v) is 9.04. The van der Waals surface area contributed by atoms with Crippen molar-refractivity contribution in [1.29, 1.82) is 0 Å². The maximum atomic E-state index is 12.4. The van der Waals surface area contributed by atoms with Gasteiger partial charge < -0.3 is 5.11 Å². The van der Waals surface area contributed by atoms with E-state index in [9.17, 15) is 14.7 Å². The van der Waals surface area contributed by atoms with E-state index in [1.54, 1.807) is 6.08 Å². The second kappa shape index (κ2) is 5.51. The van der Waals surface area contributed by atoms with Gasteiger partial charge >= 0.3 is 0 Å². The van der Waals surface area contributed by atoms with Gasteiger partial charge in [-0.25, -0.2) is 0 Å². The summed E-state index contributed by atoms with van der Waals surface area (Å²) in [4.78, 5) is 24.2. The van der Waals surface area contributed by atoms with E-state index in [0.717, 1.165) is 25.7 Å². The fraction of sp³-hybridized carbons (Fsp3) is 0.636. The monoisotopic (exact) mass is 340 g/mol. The maximum Gasteiger partial charge on any atom is 0.178 e. The van der Waals surface area contributed by atoms with E-state index >= 15 is 0 Å². The largest absolute Gasteiger partial charge is 0.389 e. The number of Topliss-reactive ketones (excluding diaryl/α,β-unsaturated/α-hetero) is 1. The molecule has 0 aliphatic heterocycles. The standard InChI is InChI=1S/C22H28O3/c1-13-10-18-16-5-4-14-11-15(24)6-8-21(14,2)17(16)7-9-22(18,3)20(13)19(25)12-23/h6-8,11,13,16,18,20,23H,4-5,9-10,12H2,1-3H3/t13-,16?,18?,20-,21+,22+/m1/s1. The molecule has 1 N–H and O–H groups in total. The minimum atomic E-state index is -0.339. The highest BCUT2D eigenvalue weighted by atomic mass is 16.3. The first-order chi connectivity index (χ1) is 11.8. The Balaban J connectivity index is 1.75. The highest BCUT2D eigenvalue weighted by molar-refractivity contribution is 6.01. The first-order valence-electron chi connectivity index (χ1n) is 9.59. The van der Waals surface area contributed by atoms with Gasteiger partial charge in [0.05, 0.1) is 0 Å². The van der Waals surface area contributed by atoms with Crippen molar-refractivity contribution in [1.82, 2.24) is 0 Å². The SMILES string of the molecule is C[C@@H]1CC2C3CCC4=CC(=O)C=C[C@]4(C)C3=CC[C@]2(C)[C@H]1C(=O)CO. The van der Waals surface area contributed by atoms with E-state index in [1.165, 1.54) is 11.1 Å². The van der Waals surface area contributed by atoms with Crippen LogP contribution in [0.1, 0.15) is 46.5 Å². The van der Waals surface area contributed by atoms with Gasteiger partial charge in [0.25, 0.3) is 0 Å². The van der Waals surface area contributed by atoms with Crippen LogP contribution in [0.4, 0.5) is 0 Å². The number of aliphatic hydroxyl groups excluding tert-OH is 1. The first-order valence-corrected chi connectivity index (χ1v) is 9.59. The Morgan fingerprint density at radius 2 is 2.12 bits per heavy atom. The summed E-state index contributed by atoms with van der Waals surface area (Å²) in [6, 6.07) is 0. The maximum absolute atomic E-state index is 12.4. The van der Waals surface area contributed by atoms with E-state index in [4.69, 9.17) is 0 Å². The molecule has 3 nitrogen and oxygen atoms in total. The average molecular weight is 340 g/mol. The van der Waals surface area contributed by atoms with Crippen LogP contribution in [0.5, 0.6) is 0 Å². The first kappa shape index (κ1) is 17.0. The molecule has 0 aromatic carbocycles. The molecule has 0 aromatic rings. The van der Waals surface area contributed by atoms with Gasteiger partial charge in [-0.05, 0) is 67.9 Å². The van der Waals surface area contributed by atoms with Gasteiger partial charge in [-0.1, -0.05) is 37.1 Å². The van der Waals surface area contributed by atoms with E-state index in [-0.39, 0.29) is 34.9 Å². The lowest BCUT2D eigenvalue weighted by Crippen LogP contribution is -2.45. The van der Waals surface area contributed by atoms with Crippen LogP contribution in [0.25, 0.3) is 0 Å². The predicted octanol–water partition coefficient (Wildman–Crippen LogP) is 3.64. The van der Waals surface area contributed by atoms with Gasteiger partial charge in [-0.2, -0.15) is 0 Å². The zero-order valence-electron chi connectivity index (χ0n) is 15.4. The molecule has 2 saturated carbocycles. The summed E-state index contributed by atoms with van der Waals surface area (Å²) in [6.07, 6.45) is 12.0. The summed E-state index contributed by atoms with van der Waals surface area (Å²) in [5.41, 5.74) is 2.54.